The number of rotatable bonds is 4. The van der Waals surface area contributed by atoms with Crippen LogP contribution < -0.4 is 20.7 Å². The number of nitrogen functional groups attached to an aromatic ring is 1. The Hall–Kier alpha value is -1.98. The lowest BCUT2D eigenvalue weighted by atomic mass is 9.97. The first-order valence-corrected chi connectivity index (χ1v) is 6.90. The van der Waals surface area contributed by atoms with E-state index in [0.717, 1.165) is 38.3 Å². The Bertz CT molecular complexity index is 470. The molecule has 0 atom stereocenters. The summed E-state index contributed by atoms with van der Waals surface area (Å²) in [5, 5.41) is 2.89. The number of pyridine rings is 1. The molecule has 0 aliphatic carbocycles. The molecule has 1 aromatic rings. The molecule has 6 nitrogen and oxygen atoms in total. The quantitative estimate of drug-likeness (QED) is 0.859. The highest BCUT2D eigenvalue weighted by Crippen LogP contribution is 2.26. The smallest absolute Gasteiger partial charge is 0.238 e. The van der Waals surface area contributed by atoms with Crippen molar-refractivity contribution < 1.29 is 9.53 Å². The van der Waals surface area contributed by atoms with Gasteiger partial charge in [-0.15, -0.1) is 0 Å². The van der Waals surface area contributed by atoms with E-state index in [0.29, 0.717) is 17.5 Å². The SMILES string of the molecule is COc1nc(N2CCC(CNC(C)=O)CC2)ccc1N. The van der Waals surface area contributed by atoms with Gasteiger partial charge in [0.1, 0.15) is 5.82 Å². The number of aromatic nitrogens is 1. The molecule has 1 aliphatic heterocycles. The number of carbonyl (C=O) groups excluding carboxylic acids is 1. The summed E-state index contributed by atoms with van der Waals surface area (Å²) in [5.41, 5.74) is 6.33. The first-order valence-electron chi connectivity index (χ1n) is 6.90. The molecule has 1 aromatic heterocycles. The van der Waals surface area contributed by atoms with Gasteiger partial charge < -0.3 is 20.7 Å². The van der Waals surface area contributed by atoms with Crippen LogP contribution in [0, 0.1) is 5.92 Å². The van der Waals surface area contributed by atoms with Crippen LogP contribution in [0.15, 0.2) is 12.1 Å². The Morgan fingerprint density at radius 2 is 2.20 bits per heavy atom. The van der Waals surface area contributed by atoms with Gasteiger partial charge in [0.2, 0.25) is 11.8 Å². The van der Waals surface area contributed by atoms with Crippen LogP contribution in [-0.4, -0.2) is 37.6 Å². The molecule has 110 valence electrons. The number of anilines is 2. The summed E-state index contributed by atoms with van der Waals surface area (Å²) < 4.78 is 5.15. The van der Waals surface area contributed by atoms with E-state index in [2.05, 4.69) is 15.2 Å². The fourth-order valence-electron chi connectivity index (χ4n) is 2.44. The second-order valence-electron chi connectivity index (χ2n) is 5.14. The zero-order valence-electron chi connectivity index (χ0n) is 12.1. The molecule has 0 saturated carbocycles. The molecule has 1 saturated heterocycles. The normalized spacial score (nSPS) is 16.0. The van der Waals surface area contributed by atoms with Crippen LogP contribution in [0.3, 0.4) is 0 Å². The van der Waals surface area contributed by atoms with Crippen molar-refractivity contribution in [3.05, 3.63) is 12.1 Å². The molecule has 0 radical (unpaired) electrons. The van der Waals surface area contributed by atoms with E-state index < -0.39 is 0 Å². The van der Waals surface area contributed by atoms with Crippen LogP contribution in [0.25, 0.3) is 0 Å². The minimum absolute atomic E-state index is 0.0392. The molecule has 2 rings (SSSR count). The fraction of sp³-hybridized carbons (Fsp3) is 0.571. The highest BCUT2D eigenvalue weighted by atomic mass is 16.5. The van der Waals surface area contributed by atoms with Crippen LogP contribution in [0.5, 0.6) is 5.88 Å². The molecular weight excluding hydrogens is 256 g/mol. The molecular formula is C14H22N4O2. The van der Waals surface area contributed by atoms with Gasteiger partial charge in [0, 0.05) is 26.6 Å². The maximum absolute atomic E-state index is 10.9. The number of nitrogens with two attached hydrogens (primary N) is 1. The molecule has 1 amide bonds. The number of hydrogen-bond donors (Lipinski definition) is 2. The largest absolute Gasteiger partial charge is 0.479 e. The number of piperidine rings is 1. The van der Waals surface area contributed by atoms with Crippen molar-refractivity contribution in [2.75, 3.05) is 37.4 Å². The summed E-state index contributed by atoms with van der Waals surface area (Å²) in [6, 6.07) is 3.75. The zero-order chi connectivity index (χ0) is 14.5. The van der Waals surface area contributed by atoms with Gasteiger partial charge in [0.25, 0.3) is 0 Å². The Kier molecular flexibility index (Phi) is 4.65. The van der Waals surface area contributed by atoms with Gasteiger partial charge in [0.05, 0.1) is 12.8 Å². The van der Waals surface area contributed by atoms with Gasteiger partial charge in [0.15, 0.2) is 0 Å². The molecule has 0 bridgehead atoms. The Labute approximate surface area is 119 Å². The highest BCUT2D eigenvalue weighted by molar-refractivity contribution is 5.72. The van der Waals surface area contributed by atoms with E-state index in [1.165, 1.54) is 0 Å². The molecule has 1 aliphatic rings. The van der Waals surface area contributed by atoms with Crippen LogP contribution in [-0.2, 0) is 4.79 Å². The third kappa shape index (κ3) is 3.53. The van der Waals surface area contributed by atoms with Crippen LogP contribution >= 0.6 is 0 Å². The number of carbonyl (C=O) groups is 1. The number of nitrogens with zero attached hydrogens (tertiary/aromatic N) is 2. The van der Waals surface area contributed by atoms with E-state index in [4.69, 9.17) is 10.5 Å². The summed E-state index contributed by atoms with van der Waals surface area (Å²) >= 11 is 0. The third-order valence-corrected chi connectivity index (χ3v) is 3.65. The van der Waals surface area contributed by atoms with Crippen molar-refractivity contribution in [1.82, 2.24) is 10.3 Å². The fourth-order valence-corrected chi connectivity index (χ4v) is 2.44. The van der Waals surface area contributed by atoms with Crippen molar-refractivity contribution in [1.29, 1.82) is 0 Å². The average molecular weight is 278 g/mol. The summed E-state index contributed by atoms with van der Waals surface area (Å²) in [6.07, 6.45) is 2.10. The van der Waals surface area contributed by atoms with Crippen LogP contribution in [0.2, 0.25) is 0 Å². The van der Waals surface area contributed by atoms with E-state index in [1.54, 1.807) is 14.0 Å². The van der Waals surface area contributed by atoms with Crippen molar-refractivity contribution in [2.45, 2.75) is 19.8 Å². The lowest BCUT2D eigenvalue weighted by molar-refractivity contribution is -0.119. The van der Waals surface area contributed by atoms with Crippen LogP contribution in [0.1, 0.15) is 19.8 Å². The Balaban J connectivity index is 1.91. The molecule has 0 spiro atoms. The minimum atomic E-state index is 0.0392. The predicted molar refractivity (Wildman–Crippen MR) is 78.8 cm³/mol. The van der Waals surface area contributed by atoms with Crippen molar-refractivity contribution in [3.8, 4) is 5.88 Å². The first-order chi connectivity index (χ1) is 9.60. The molecule has 0 unspecified atom stereocenters. The maximum atomic E-state index is 10.9. The average Bonchev–Trinajstić information content (AvgIpc) is 2.46. The van der Waals surface area contributed by atoms with E-state index in [-0.39, 0.29) is 5.91 Å². The maximum Gasteiger partial charge on any atom is 0.238 e. The summed E-state index contributed by atoms with van der Waals surface area (Å²) in [6.45, 7) is 4.19. The summed E-state index contributed by atoms with van der Waals surface area (Å²) in [4.78, 5) is 17.6. The number of nitrogens with one attached hydrogen (secondary N) is 1. The van der Waals surface area contributed by atoms with Gasteiger partial charge in [-0.2, -0.15) is 4.98 Å². The van der Waals surface area contributed by atoms with Crippen molar-refractivity contribution >= 4 is 17.4 Å². The molecule has 0 aromatic carbocycles. The van der Waals surface area contributed by atoms with E-state index in [1.807, 2.05) is 12.1 Å². The van der Waals surface area contributed by atoms with Gasteiger partial charge in [-0.1, -0.05) is 0 Å². The van der Waals surface area contributed by atoms with Gasteiger partial charge in [-0.25, -0.2) is 0 Å². The van der Waals surface area contributed by atoms with Crippen LogP contribution in [0.4, 0.5) is 11.5 Å². The molecule has 1 fully saturated rings. The number of ether oxygens (including phenoxy) is 1. The highest BCUT2D eigenvalue weighted by Gasteiger charge is 2.20. The van der Waals surface area contributed by atoms with Crippen molar-refractivity contribution in [3.63, 3.8) is 0 Å². The van der Waals surface area contributed by atoms with E-state index >= 15 is 0 Å². The molecule has 6 heteroatoms. The summed E-state index contributed by atoms with van der Waals surface area (Å²) in [7, 11) is 1.57. The second-order valence-corrected chi connectivity index (χ2v) is 5.14. The molecule has 20 heavy (non-hydrogen) atoms. The van der Waals surface area contributed by atoms with Gasteiger partial charge in [-0.3, -0.25) is 4.79 Å². The standard InChI is InChI=1S/C14H22N4O2/c1-10(19)16-9-11-5-7-18(8-6-11)13-4-3-12(15)14(17-13)20-2/h3-4,11H,5-9,15H2,1-2H3,(H,16,19). The Morgan fingerprint density at radius 3 is 2.80 bits per heavy atom. The number of amides is 1. The van der Waals surface area contributed by atoms with Gasteiger partial charge >= 0.3 is 0 Å². The minimum Gasteiger partial charge on any atom is -0.479 e. The molecule has 2 heterocycles. The molecule has 3 N–H and O–H groups in total. The Morgan fingerprint density at radius 1 is 1.50 bits per heavy atom. The lowest BCUT2D eigenvalue weighted by Crippen LogP contribution is -2.38. The third-order valence-electron chi connectivity index (χ3n) is 3.65. The first kappa shape index (κ1) is 14.4. The zero-order valence-corrected chi connectivity index (χ0v) is 12.1. The van der Waals surface area contributed by atoms with Gasteiger partial charge in [-0.05, 0) is 30.9 Å². The van der Waals surface area contributed by atoms with Crippen molar-refractivity contribution in [2.24, 2.45) is 5.92 Å². The second kappa shape index (κ2) is 6.45. The lowest BCUT2D eigenvalue weighted by Gasteiger charge is -2.33. The monoisotopic (exact) mass is 278 g/mol. The predicted octanol–water partition coefficient (Wildman–Crippen LogP) is 1.02. The number of methoxy groups -OCH3 is 1. The summed E-state index contributed by atoms with van der Waals surface area (Å²) in [5.74, 6) is 1.96. The van der Waals surface area contributed by atoms with E-state index in [9.17, 15) is 4.79 Å². The number of hydrogen-bond acceptors (Lipinski definition) is 5. The topological polar surface area (TPSA) is 80.5 Å².